The molecule has 0 aromatic heterocycles. The van der Waals surface area contributed by atoms with Crippen LogP contribution in [-0.4, -0.2) is 0 Å². The van der Waals surface area contributed by atoms with Gasteiger partial charge in [-0.2, -0.15) is 0 Å². The summed E-state index contributed by atoms with van der Waals surface area (Å²) in [6, 6.07) is 55.2. The van der Waals surface area contributed by atoms with E-state index in [0.29, 0.717) is 0 Å². The number of hydrogen-bond acceptors (Lipinski definition) is 0. The number of allylic oxidation sites excluding steroid dienone is 1. The van der Waals surface area contributed by atoms with Crippen LogP contribution in [0.2, 0.25) is 0 Å². The van der Waals surface area contributed by atoms with Crippen LogP contribution in [0.25, 0.3) is 82.2 Å². The molecule has 0 spiro atoms. The third-order valence-corrected chi connectivity index (χ3v) is 12.4. The minimum absolute atomic E-state index is 0.0987. The van der Waals surface area contributed by atoms with Gasteiger partial charge in [-0.05, 0) is 129 Å². The summed E-state index contributed by atoms with van der Waals surface area (Å²) in [7, 11) is 0. The Balaban J connectivity index is 0.00000178. The van der Waals surface area contributed by atoms with Crippen molar-refractivity contribution in [2.24, 2.45) is 0 Å². The summed E-state index contributed by atoms with van der Waals surface area (Å²) in [6.45, 7) is 8.82. The summed E-state index contributed by atoms with van der Waals surface area (Å²) in [5.74, 6) is 0. The zero-order chi connectivity index (χ0) is 36.6. The van der Waals surface area contributed by atoms with Crippen molar-refractivity contribution in [1.82, 2.24) is 0 Å². The zero-order valence-corrected chi connectivity index (χ0v) is 31.6. The van der Waals surface area contributed by atoms with Gasteiger partial charge in [0.25, 0.3) is 0 Å². The molecule has 0 saturated heterocycles. The van der Waals surface area contributed by atoms with E-state index in [1.165, 1.54) is 109 Å². The number of hydrogen-bond donors (Lipinski definition) is 0. The van der Waals surface area contributed by atoms with Crippen molar-refractivity contribution in [3.8, 4) is 22.3 Å². The van der Waals surface area contributed by atoms with Crippen LogP contribution >= 0.6 is 0 Å². The van der Waals surface area contributed by atoms with Crippen molar-refractivity contribution < 1.29 is 0 Å². The van der Waals surface area contributed by atoms with Gasteiger partial charge in [-0.25, -0.2) is 0 Å². The normalized spacial score (nSPS) is 14.1. The molecule has 54 heavy (non-hydrogen) atoms. The van der Waals surface area contributed by atoms with Gasteiger partial charge in [-0.3, -0.25) is 0 Å². The van der Waals surface area contributed by atoms with Gasteiger partial charge in [0.05, 0.1) is 0 Å². The fourth-order valence-corrected chi connectivity index (χ4v) is 10.0. The molecule has 0 unspecified atom stereocenters. The highest BCUT2D eigenvalue weighted by atomic mass is 14.4. The average Bonchev–Trinajstić information content (AvgIpc) is 3.24. The summed E-state index contributed by atoms with van der Waals surface area (Å²) in [5, 5.41) is 13.4. The Morgan fingerprint density at radius 1 is 0.444 bits per heavy atom. The smallest absolute Gasteiger partial charge is 0.0152 e. The van der Waals surface area contributed by atoms with Crippen molar-refractivity contribution in [2.45, 2.75) is 52.4 Å². The van der Waals surface area contributed by atoms with Crippen molar-refractivity contribution >= 4 is 59.9 Å². The summed E-state index contributed by atoms with van der Waals surface area (Å²) in [6.07, 6.45) is 7.81. The molecule has 0 fully saturated rings. The minimum Gasteiger partial charge on any atom is -0.0836 e. The molecule has 11 rings (SSSR count). The third kappa shape index (κ3) is 4.76. The summed E-state index contributed by atoms with van der Waals surface area (Å²) < 4.78 is 0. The van der Waals surface area contributed by atoms with Crippen LogP contribution in [0.1, 0.15) is 67.5 Å². The number of fused-ring (bicyclic) bond motifs is 14. The highest BCUT2D eigenvalue weighted by Gasteiger charge is 2.33. The summed E-state index contributed by atoms with van der Waals surface area (Å²) >= 11 is 0. The van der Waals surface area contributed by atoms with E-state index in [1.54, 1.807) is 0 Å². The standard InChI is InChI=1S/C52H38.C2H6/c1-52(2)48-27-25-32(36-21-11-23-46-42-15-5-3-13-38(42)40-17-7-9-19-44(40)50(36)46)29-34(48)31-35-30-33(26-28-49(35)52)37-22-12-24-47-43-16-6-4-14-39(43)41-18-8-10-20-45(41)51(37)47;1-2/h3-5,7-15,17-30H,6,16,31H2,1-2H3;1-2H3. The summed E-state index contributed by atoms with van der Waals surface area (Å²) in [4.78, 5) is 0. The maximum absolute atomic E-state index is 2.51. The SMILES string of the molecule is CC.CC1(C)c2ccc(-c3cccc4c5c(c6ccccc6c34)C=CCC5)cc2Cc2cc(-c3cccc4c5ccccc5c5ccccc5c34)ccc21. The molecule has 0 heteroatoms. The van der Waals surface area contributed by atoms with Crippen LogP contribution in [0.3, 0.4) is 0 Å². The highest BCUT2D eigenvalue weighted by molar-refractivity contribution is 6.28. The lowest BCUT2D eigenvalue weighted by Crippen LogP contribution is -2.27. The Morgan fingerprint density at radius 2 is 0.889 bits per heavy atom. The third-order valence-electron chi connectivity index (χ3n) is 12.4. The Hall–Kier alpha value is -5.98. The maximum Gasteiger partial charge on any atom is 0.0152 e. The molecule has 0 nitrogen and oxygen atoms in total. The van der Waals surface area contributed by atoms with E-state index in [0.717, 1.165) is 19.3 Å². The molecule has 0 radical (unpaired) electrons. The van der Waals surface area contributed by atoms with Crippen LogP contribution < -0.4 is 0 Å². The molecule has 0 aliphatic heterocycles. The molecule has 0 atom stereocenters. The molecule has 0 heterocycles. The average molecular weight is 693 g/mol. The van der Waals surface area contributed by atoms with Crippen LogP contribution in [0.4, 0.5) is 0 Å². The molecule has 2 aliphatic carbocycles. The second-order valence-electron chi connectivity index (χ2n) is 15.5. The van der Waals surface area contributed by atoms with Crippen molar-refractivity contribution in [3.63, 3.8) is 0 Å². The molecule has 0 saturated carbocycles. The Kier molecular flexibility index (Phi) is 7.60. The van der Waals surface area contributed by atoms with Crippen LogP contribution in [0.5, 0.6) is 0 Å². The lowest BCUT2D eigenvalue weighted by molar-refractivity contribution is 0.611. The molecule has 0 N–H and O–H groups in total. The zero-order valence-electron chi connectivity index (χ0n) is 31.6. The maximum atomic E-state index is 2.51. The lowest BCUT2D eigenvalue weighted by atomic mass is 9.68. The van der Waals surface area contributed by atoms with Gasteiger partial charge in [0, 0.05) is 5.41 Å². The van der Waals surface area contributed by atoms with E-state index in [9.17, 15) is 0 Å². The molecule has 2 aliphatic rings. The van der Waals surface area contributed by atoms with E-state index >= 15 is 0 Å². The Morgan fingerprint density at radius 3 is 1.46 bits per heavy atom. The van der Waals surface area contributed by atoms with Gasteiger partial charge in [0.15, 0.2) is 0 Å². The molecule has 9 aromatic carbocycles. The topological polar surface area (TPSA) is 0 Å². The van der Waals surface area contributed by atoms with Gasteiger partial charge >= 0.3 is 0 Å². The first kappa shape index (κ1) is 32.7. The van der Waals surface area contributed by atoms with Crippen molar-refractivity contribution in [3.05, 3.63) is 185 Å². The second-order valence-corrected chi connectivity index (χ2v) is 15.5. The van der Waals surface area contributed by atoms with Gasteiger partial charge in [0.1, 0.15) is 0 Å². The Labute approximate surface area is 318 Å². The monoisotopic (exact) mass is 692 g/mol. The van der Waals surface area contributed by atoms with E-state index in [2.05, 4.69) is 172 Å². The van der Waals surface area contributed by atoms with E-state index in [1.807, 2.05) is 13.8 Å². The molecule has 0 amide bonds. The molecule has 9 aromatic rings. The molecule has 260 valence electrons. The Bertz CT molecular complexity index is 2960. The second kappa shape index (κ2) is 12.6. The largest absolute Gasteiger partial charge is 0.0836 e. The fraction of sp³-hybridized carbons (Fsp3) is 0.148. The van der Waals surface area contributed by atoms with Gasteiger partial charge in [-0.15, -0.1) is 0 Å². The van der Waals surface area contributed by atoms with Crippen LogP contribution in [0, 0.1) is 0 Å². The van der Waals surface area contributed by atoms with E-state index < -0.39 is 0 Å². The van der Waals surface area contributed by atoms with E-state index in [4.69, 9.17) is 0 Å². The van der Waals surface area contributed by atoms with E-state index in [-0.39, 0.29) is 5.41 Å². The van der Waals surface area contributed by atoms with Gasteiger partial charge in [0.2, 0.25) is 0 Å². The predicted molar refractivity (Wildman–Crippen MR) is 235 cm³/mol. The number of rotatable bonds is 2. The first-order chi connectivity index (χ1) is 26.6. The molecule has 0 bridgehead atoms. The van der Waals surface area contributed by atoms with Gasteiger partial charge < -0.3 is 0 Å². The molecular weight excluding hydrogens is 649 g/mol. The number of aryl methyl sites for hydroxylation is 1. The lowest BCUT2D eigenvalue weighted by Gasteiger charge is -2.36. The van der Waals surface area contributed by atoms with Crippen LogP contribution in [0.15, 0.2) is 152 Å². The van der Waals surface area contributed by atoms with Crippen molar-refractivity contribution in [1.29, 1.82) is 0 Å². The minimum atomic E-state index is -0.0987. The van der Waals surface area contributed by atoms with Gasteiger partial charge in [-0.1, -0.05) is 185 Å². The predicted octanol–water partition coefficient (Wildman–Crippen LogP) is 15.0. The fourth-order valence-electron chi connectivity index (χ4n) is 10.0. The van der Waals surface area contributed by atoms with Crippen molar-refractivity contribution in [2.75, 3.05) is 0 Å². The van der Waals surface area contributed by atoms with Crippen LogP contribution in [-0.2, 0) is 18.3 Å². The first-order valence-corrected chi connectivity index (χ1v) is 19.8. The quantitative estimate of drug-likeness (QED) is 0.158. The highest BCUT2D eigenvalue weighted by Crippen LogP contribution is 2.47. The summed E-state index contributed by atoms with van der Waals surface area (Å²) in [5.41, 5.74) is 13.8. The molecular formula is C54H44. The number of benzene rings is 9. The first-order valence-electron chi connectivity index (χ1n) is 19.8.